The number of aliphatic hydroxyl groups excluding tert-OH is 1. The molecule has 0 saturated carbocycles. The molecular formula is C28H26O4. The average molecular weight is 427 g/mol. The number of hydrogen-bond donors (Lipinski definition) is 2. The van der Waals surface area contributed by atoms with Gasteiger partial charge in [0.05, 0.1) is 12.7 Å². The van der Waals surface area contributed by atoms with Gasteiger partial charge in [-0.2, -0.15) is 0 Å². The van der Waals surface area contributed by atoms with Crippen LogP contribution in [-0.4, -0.2) is 22.8 Å². The maximum atomic E-state index is 12.0. The summed E-state index contributed by atoms with van der Waals surface area (Å²) in [5.74, 6) is -0.318. The smallest absolute Gasteiger partial charge is 0.318 e. The van der Waals surface area contributed by atoms with E-state index in [0.29, 0.717) is 30.8 Å². The molecule has 0 amide bonds. The lowest BCUT2D eigenvalue weighted by Gasteiger charge is -2.32. The summed E-state index contributed by atoms with van der Waals surface area (Å²) in [7, 11) is 0. The number of carboxylic acids is 1. The van der Waals surface area contributed by atoms with Gasteiger partial charge in [-0.1, -0.05) is 78.9 Å². The van der Waals surface area contributed by atoms with Crippen molar-refractivity contribution in [3.63, 3.8) is 0 Å². The topological polar surface area (TPSA) is 66.8 Å². The van der Waals surface area contributed by atoms with Crippen molar-refractivity contribution in [3.05, 3.63) is 102 Å². The summed E-state index contributed by atoms with van der Waals surface area (Å²) in [6, 6.07) is 24.2. The zero-order chi connectivity index (χ0) is 22.1. The molecule has 0 radical (unpaired) electrons. The van der Waals surface area contributed by atoms with Gasteiger partial charge in [0.25, 0.3) is 0 Å². The highest BCUT2D eigenvalue weighted by atomic mass is 16.5. The van der Waals surface area contributed by atoms with Gasteiger partial charge in [0.15, 0.2) is 0 Å². The summed E-state index contributed by atoms with van der Waals surface area (Å²) in [6.45, 7) is 0.397. The van der Waals surface area contributed by atoms with Gasteiger partial charge >= 0.3 is 5.97 Å². The Bertz CT molecular complexity index is 1150. The molecular weight excluding hydrogens is 400 g/mol. The number of fused-ring (bicyclic) bond motifs is 1. The maximum Gasteiger partial charge on any atom is 0.318 e. The number of allylic oxidation sites excluding steroid dienone is 1. The first kappa shape index (κ1) is 20.5. The molecule has 2 N–H and O–H groups in total. The summed E-state index contributed by atoms with van der Waals surface area (Å²) in [5, 5.41) is 20.9. The highest BCUT2D eigenvalue weighted by Gasteiger charge is 2.41. The zero-order valence-electron chi connectivity index (χ0n) is 17.8. The van der Waals surface area contributed by atoms with Crippen molar-refractivity contribution >= 4 is 5.97 Å². The van der Waals surface area contributed by atoms with E-state index in [-0.39, 0.29) is 5.92 Å². The molecule has 4 nitrogen and oxygen atoms in total. The molecule has 3 atom stereocenters. The highest BCUT2D eigenvalue weighted by molar-refractivity contribution is 5.85. The van der Waals surface area contributed by atoms with E-state index < -0.39 is 17.5 Å². The summed E-state index contributed by atoms with van der Waals surface area (Å²) in [6.07, 6.45) is 5.05. The molecule has 0 bridgehead atoms. The summed E-state index contributed by atoms with van der Waals surface area (Å²) < 4.78 is 6.02. The molecule has 32 heavy (non-hydrogen) atoms. The third-order valence-electron chi connectivity index (χ3n) is 6.80. The Labute approximate surface area is 187 Å². The Morgan fingerprint density at radius 2 is 1.75 bits per heavy atom. The maximum absolute atomic E-state index is 12.0. The number of carboxylic acid groups (broad SMARTS) is 1. The van der Waals surface area contributed by atoms with Crippen LogP contribution in [0.5, 0.6) is 5.75 Å². The fraction of sp³-hybridized carbons (Fsp3) is 0.250. The molecule has 1 aliphatic carbocycles. The minimum absolute atomic E-state index is 0.0595. The monoisotopic (exact) mass is 426 g/mol. The van der Waals surface area contributed by atoms with Gasteiger partial charge in [-0.15, -0.1) is 0 Å². The minimum atomic E-state index is -0.999. The number of carbonyl (C=O) groups is 1. The fourth-order valence-corrected chi connectivity index (χ4v) is 4.88. The van der Waals surface area contributed by atoms with E-state index in [1.807, 2.05) is 36.4 Å². The van der Waals surface area contributed by atoms with Gasteiger partial charge in [-0.3, -0.25) is 4.79 Å². The van der Waals surface area contributed by atoms with Crippen molar-refractivity contribution < 1.29 is 19.7 Å². The number of rotatable bonds is 5. The van der Waals surface area contributed by atoms with Gasteiger partial charge in [0.1, 0.15) is 11.2 Å². The molecule has 0 saturated heterocycles. The number of hydrogen-bond acceptors (Lipinski definition) is 3. The van der Waals surface area contributed by atoms with E-state index in [2.05, 4.69) is 36.4 Å². The number of benzene rings is 3. The average Bonchev–Trinajstić information content (AvgIpc) is 3.33. The molecule has 0 aromatic heterocycles. The predicted molar refractivity (Wildman–Crippen MR) is 124 cm³/mol. The standard InChI is InChI=1S/C28H26O4/c29-26-22(16-19-8-10-21(11-9-19)20-6-2-1-3-7-20)18-32-25-17-23(12-13-24(25)26)28(27(30)31)14-4-5-15-28/h1-4,6-14,17,22,26,29H,5,15-16,18H2,(H,30,31). The van der Waals surface area contributed by atoms with Gasteiger partial charge in [0, 0.05) is 11.5 Å². The van der Waals surface area contributed by atoms with Crippen molar-refractivity contribution in [2.75, 3.05) is 6.61 Å². The van der Waals surface area contributed by atoms with E-state index in [9.17, 15) is 15.0 Å². The molecule has 0 spiro atoms. The highest BCUT2D eigenvalue weighted by Crippen LogP contribution is 2.42. The van der Waals surface area contributed by atoms with E-state index in [1.165, 1.54) is 11.1 Å². The second-order valence-electron chi connectivity index (χ2n) is 8.75. The van der Waals surface area contributed by atoms with Gasteiger partial charge in [-0.05, 0) is 47.6 Å². The third kappa shape index (κ3) is 3.61. The molecule has 3 aromatic carbocycles. The van der Waals surface area contributed by atoms with Crippen LogP contribution < -0.4 is 4.74 Å². The van der Waals surface area contributed by atoms with Gasteiger partial charge in [-0.25, -0.2) is 0 Å². The molecule has 2 aliphatic rings. The normalized spacial score (nSPS) is 24.0. The lowest BCUT2D eigenvalue weighted by Crippen LogP contribution is -2.32. The third-order valence-corrected chi connectivity index (χ3v) is 6.80. The largest absolute Gasteiger partial charge is 0.493 e. The molecule has 0 fully saturated rings. The van der Waals surface area contributed by atoms with Crippen LogP contribution in [0.4, 0.5) is 0 Å². The summed E-state index contributed by atoms with van der Waals surface area (Å²) in [5.41, 5.74) is 3.94. The lowest BCUT2D eigenvalue weighted by atomic mass is 9.78. The number of ether oxygens (including phenoxy) is 1. The van der Waals surface area contributed by atoms with Crippen molar-refractivity contribution in [1.82, 2.24) is 0 Å². The summed E-state index contributed by atoms with van der Waals surface area (Å²) >= 11 is 0. The van der Waals surface area contributed by atoms with Crippen molar-refractivity contribution in [3.8, 4) is 16.9 Å². The number of aliphatic carboxylic acids is 1. The summed E-state index contributed by atoms with van der Waals surface area (Å²) in [4.78, 5) is 12.0. The van der Waals surface area contributed by atoms with Crippen LogP contribution in [0.3, 0.4) is 0 Å². The fourth-order valence-electron chi connectivity index (χ4n) is 4.88. The molecule has 3 aromatic rings. The Hall–Kier alpha value is -3.37. The second kappa shape index (κ2) is 8.29. The van der Waals surface area contributed by atoms with Crippen molar-refractivity contribution in [2.45, 2.75) is 30.8 Å². The van der Waals surface area contributed by atoms with Gasteiger partial charge < -0.3 is 14.9 Å². The zero-order valence-corrected chi connectivity index (χ0v) is 17.8. The van der Waals surface area contributed by atoms with Crippen LogP contribution in [0.25, 0.3) is 11.1 Å². The molecule has 1 aliphatic heterocycles. The van der Waals surface area contributed by atoms with Crippen molar-refractivity contribution in [1.29, 1.82) is 0 Å². The Morgan fingerprint density at radius 1 is 1.00 bits per heavy atom. The van der Waals surface area contributed by atoms with Crippen LogP contribution in [0.2, 0.25) is 0 Å². The SMILES string of the molecule is O=C(O)C1(c2ccc3c(c2)OCC(Cc2ccc(-c4ccccc4)cc2)C3O)C=CCC1. The van der Waals surface area contributed by atoms with Crippen LogP contribution in [0, 0.1) is 5.92 Å². The van der Waals surface area contributed by atoms with Crippen LogP contribution in [0.15, 0.2) is 84.9 Å². The van der Waals surface area contributed by atoms with E-state index >= 15 is 0 Å². The molecule has 4 heteroatoms. The first-order valence-electron chi connectivity index (χ1n) is 11.1. The van der Waals surface area contributed by atoms with Gasteiger partial charge in [0.2, 0.25) is 0 Å². The molecule has 162 valence electrons. The van der Waals surface area contributed by atoms with Crippen LogP contribution >= 0.6 is 0 Å². The molecule has 5 rings (SSSR count). The second-order valence-corrected chi connectivity index (χ2v) is 8.75. The van der Waals surface area contributed by atoms with E-state index in [0.717, 1.165) is 17.5 Å². The Balaban J connectivity index is 1.33. The van der Waals surface area contributed by atoms with Crippen molar-refractivity contribution in [2.24, 2.45) is 5.92 Å². The quantitative estimate of drug-likeness (QED) is 0.543. The minimum Gasteiger partial charge on any atom is -0.493 e. The predicted octanol–water partition coefficient (Wildman–Crippen LogP) is 5.31. The number of aliphatic hydroxyl groups is 1. The first-order chi connectivity index (χ1) is 15.6. The lowest BCUT2D eigenvalue weighted by molar-refractivity contribution is -0.141. The Kier molecular flexibility index (Phi) is 5.32. The Morgan fingerprint density at radius 3 is 2.44 bits per heavy atom. The van der Waals surface area contributed by atoms with Crippen LogP contribution in [-0.2, 0) is 16.6 Å². The van der Waals surface area contributed by atoms with Crippen LogP contribution in [0.1, 0.15) is 35.6 Å². The molecule has 3 unspecified atom stereocenters. The first-order valence-corrected chi connectivity index (χ1v) is 11.1. The van der Waals surface area contributed by atoms with E-state index in [4.69, 9.17) is 4.74 Å². The van der Waals surface area contributed by atoms with E-state index in [1.54, 1.807) is 12.1 Å². The molecule has 1 heterocycles.